The van der Waals surface area contributed by atoms with Gasteiger partial charge in [-0.05, 0) is 53.6 Å². The molecule has 6 heteroatoms. The number of rotatable bonds is 4. The fraction of sp³-hybridized carbons (Fsp3) is 0.286. The SMILES string of the molecule is c1cc(-c2cnc(C3CCCN3)[nH]2)ccc1-c1ccc2c(ccc3[nH]c(C4CCC[NH2+]4)nc32)c1. The molecule has 6 nitrogen and oxygen atoms in total. The number of nitrogens with two attached hydrogens (primary N) is 1. The molecule has 2 fully saturated rings. The minimum atomic E-state index is 0.360. The zero-order chi connectivity index (χ0) is 22.5. The Morgan fingerprint density at radius 3 is 2.53 bits per heavy atom. The summed E-state index contributed by atoms with van der Waals surface area (Å²) < 4.78 is 0. The number of aromatic amines is 2. The van der Waals surface area contributed by atoms with E-state index in [1.54, 1.807) is 0 Å². The number of nitrogens with zero attached hydrogens (tertiary/aromatic N) is 2. The van der Waals surface area contributed by atoms with Crippen LogP contribution in [0.5, 0.6) is 0 Å². The first kappa shape index (κ1) is 19.9. The molecule has 2 aliphatic heterocycles. The van der Waals surface area contributed by atoms with Crippen molar-refractivity contribution in [1.82, 2.24) is 25.3 Å². The molecule has 3 aromatic carbocycles. The first-order chi connectivity index (χ1) is 16.8. The predicted molar refractivity (Wildman–Crippen MR) is 135 cm³/mol. The number of hydrogen-bond acceptors (Lipinski definition) is 3. The van der Waals surface area contributed by atoms with Gasteiger partial charge in [0.05, 0.1) is 35.5 Å². The van der Waals surface area contributed by atoms with E-state index in [9.17, 15) is 0 Å². The Bertz CT molecular complexity index is 1470. The molecule has 5 N–H and O–H groups in total. The van der Waals surface area contributed by atoms with E-state index < -0.39 is 0 Å². The van der Waals surface area contributed by atoms with Crippen LogP contribution in [0.3, 0.4) is 0 Å². The lowest BCUT2D eigenvalue weighted by Gasteiger charge is -2.07. The van der Waals surface area contributed by atoms with E-state index in [1.165, 1.54) is 47.7 Å². The molecule has 4 heterocycles. The van der Waals surface area contributed by atoms with Crippen LogP contribution in [-0.4, -0.2) is 33.0 Å². The number of imidazole rings is 2. The van der Waals surface area contributed by atoms with Crippen LogP contribution in [-0.2, 0) is 0 Å². The van der Waals surface area contributed by atoms with Gasteiger partial charge in [0.2, 0.25) is 0 Å². The van der Waals surface area contributed by atoms with Crippen LogP contribution in [0.25, 0.3) is 44.2 Å². The maximum absolute atomic E-state index is 5.00. The number of hydrogen-bond donors (Lipinski definition) is 4. The largest absolute Gasteiger partial charge is 0.341 e. The van der Waals surface area contributed by atoms with Crippen LogP contribution in [0.2, 0.25) is 0 Å². The summed E-state index contributed by atoms with van der Waals surface area (Å²) in [5, 5.41) is 8.35. The van der Waals surface area contributed by atoms with Gasteiger partial charge in [0.1, 0.15) is 11.9 Å². The molecule has 5 aromatic rings. The highest BCUT2D eigenvalue weighted by molar-refractivity contribution is 6.05. The summed E-state index contributed by atoms with van der Waals surface area (Å²) in [6.07, 6.45) is 6.79. The topological polar surface area (TPSA) is 86.0 Å². The van der Waals surface area contributed by atoms with Crippen LogP contribution >= 0.6 is 0 Å². The summed E-state index contributed by atoms with van der Waals surface area (Å²) in [5.41, 5.74) is 6.89. The van der Waals surface area contributed by atoms with Gasteiger partial charge in [-0.3, -0.25) is 0 Å². The van der Waals surface area contributed by atoms with Crippen molar-refractivity contribution < 1.29 is 5.32 Å². The average molecular weight is 450 g/mol. The van der Waals surface area contributed by atoms with Gasteiger partial charge in [-0.25, -0.2) is 9.97 Å². The van der Waals surface area contributed by atoms with Crippen LogP contribution in [0, 0.1) is 0 Å². The van der Waals surface area contributed by atoms with Crippen LogP contribution in [0.1, 0.15) is 49.4 Å². The van der Waals surface area contributed by atoms with E-state index >= 15 is 0 Å². The smallest absolute Gasteiger partial charge is 0.165 e. The molecular weight excluding hydrogens is 420 g/mol. The number of H-pyrrole nitrogens is 2. The van der Waals surface area contributed by atoms with Gasteiger partial charge in [-0.1, -0.05) is 42.5 Å². The lowest BCUT2D eigenvalue weighted by molar-refractivity contribution is -0.677. The minimum Gasteiger partial charge on any atom is -0.341 e. The monoisotopic (exact) mass is 449 g/mol. The standard InChI is InChI=1S/C28H28N6/c1-3-23(29-13-1)27-31-16-25(33-27)18-7-5-17(6-8-18)19-9-11-21-20(15-19)10-12-22-26(21)34-28(32-22)24-4-2-14-30-24/h5-12,15-16,23-24,29-30H,1-4,13-14H2,(H,31,33)(H,32,34)/p+1. The van der Waals surface area contributed by atoms with E-state index in [4.69, 9.17) is 4.98 Å². The second-order valence-corrected chi connectivity index (χ2v) is 9.70. The van der Waals surface area contributed by atoms with Crippen molar-refractivity contribution in [2.45, 2.75) is 37.8 Å². The maximum atomic E-state index is 5.00. The quantitative estimate of drug-likeness (QED) is 0.324. The molecule has 0 bridgehead atoms. The van der Waals surface area contributed by atoms with E-state index in [-0.39, 0.29) is 0 Å². The van der Waals surface area contributed by atoms with Gasteiger partial charge in [-0.2, -0.15) is 0 Å². The molecule has 2 atom stereocenters. The molecule has 2 saturated heterocycles. The summed E-state index contributed by atoms with van der Waals surface area (Å²) in [6, 6.07) is 20.7. The summed E-state index contributed by atoms with van der Waals surface area (Å²) >= 11 is 0. The zero-order valence-corrected chi connectivity index (χ0v) is 19.1. The highest BCUT2D eigenvalue weighted by Crippen LogP contribution is 2.31. The van der Waals surface area contributed by atoms with Crippen molar-refractivity contribution in [3.8, 4) is 22.4 Å². The zero-order valence-electron chi connectivity index (χ0n) is 19.1. The van der Waals surface area contributed by atoms with Crippen molar-refractivity contribution in [3.63, 3.8) is 0 Å². The van der Waals surface area contributed by atoms with Gasteiger partial charge < -0.3 is 20.6 Å². The highest BCUT2D eigenvalue weighted by atomic mass is 15.0. The van der Waals surface area contributed by atoms with Crippen LogP contribution in [0.4, 0.5) is 0 Å². The summed E-state index contributed by atoms with van der Waals surface area (Å²) in [5.74, 6) is 2.16. The molecule has 0 amide bonds. The molecule has 2 aliphatic rings. The molecular formula is C28H29N6+. The Morgan fingerprint density at radius 2 is 1.71 bits per heavy atom. The molecule has 0 radical (unpaired) electrons. The summed E-state index contributed by atoms with van der Waals surface area (Å²) in [4.78, 5) is 16.7. The molecule has 2 unspecified atom stereocenters. The van der Waals surface area contributed by atoms with E-state index in [0.717, 1.165) is 46.9 Å². The molecule has 7 rings (SSSR count). The predicted octanol–water partition coefficient (Wildman–Crippen LogP) is 4.60. The third kappa shape index (κ3) is 3.42. The van der Waals surface area contributed by atoms with Crippen molar-refractivity contribution in [2.24, 2.45) is 0 Å². The van der Waals surface area contributed by atoms with Crippen molar-refractivity contribution in [2.75, 3.05) is 13.1 Å². The van der Waals surface area contributed by atoms with Crippen molar-refractivity contribution in [3.05, 3.63) is 72.4 Å². The lowest BCUT2D eigenvalue weighted by atomic mass is 9.99. The van der Waals surface area contributed by atoms with Crippen molar-refractivity contribution in [1.29, 1.82) is 0 Å². The number of fused-ring (bicyclic) bond motifs is 3. The van der Waals surface area contributed by atoms with Gasteiger partial charge in [0, 0.05) is 18.2 Å². The fourth-order valence-electron chi connectivity index (χ4n) is 5.62. The Morgan fingerprint density at radius 1 is 0.824 bits per heavy atom. The Balaban J connectivity index is 1.18. The van der Waals surface area contributed by atoms with Gasteiger partial charge in [0.25, 0.3) is 0 Å². The minimum absolute atomic E-state index is 0.360. The number of aromatic nitrogens is 4. The fourth-order valence-corrected chi connectivity index (χ4v) is 5.62. The Labute approximate surface area is 198 Å². The second kappa shape index (κ2) is 8.08. The molecule has 0 aliphatic carbocycles. The molecule has 0 spiro atoms. The number of nitrogens with one attached hydrogen (secondary N) is 3. The molecule has 34 heavy (non-hydrogen) atoms. The first-order valence-electron chi connectivity index (χ1n) is 12.5. The van der Waals surface area contributed by atoms with E-state index in [1.807, 2.05) is 6.20 Å². The molecule has 2 aromatic heterocycles. The molecule has 0 saturated carbocycles. The van der Waals surface area contributed by atoms with E-state index in [2.05, 4.69) is 80.2 Å². The third-order valence-electron chi connectivity index (χ3n) is 7.52. The summed E-state index contributed by atoms with van der Waals surface area (Å²) in [6.45, 7) is 2.27. The van der Waals surface area contributed by atoms with Crippen LogP contribution in [0.15, 0.2) is 60.8 Å². The second-order valence-electron chi connectivity index (χ2n) is 9.70. The van der Waals surface area contributed by atoms with Crippen molar-refractivity contribution >= 4 is 21.8 Å². The van der Waals surface area contributed by atoms with Gasteiger partial charge in [-0.15, -0.1) is 0 Å². The maximum Gasteiger partial charge on any atom is 0.165 e. The third-order valence-corrected chi connectivity index (χ3v) is 7.52. The normalized spacial score (nSPS) is 20.6. The Kier molecular flexibility index (Phi) is 4.74. The van der Waals surface area contributed by atoms with Gasteiger partial charge >= 0.3 is 0 Å². The Hall–Kier alpha value is -3.48. The first-order valence-corrected chi connectivity index (χ1v) is 12.5. The van der Waals surface area contributed by atoms with E-state index in [0.29, 0.717) is 12.1 Å². The average Bonchev–Trinajstić information content (AvgIpc) is 3.70. The number of quaternary nitrogens is 1. The highest BCUT2D eigenvalue weighted by Gasteiger charge is 2.24. The van der Waals surface area contributed by atoms with Crippen LogP contribution < -0.4 is 10.6 Å². The summed E-state index contributed by atoms with van der Waals surface area (Å²) in [7, 11) is 0. The number of benzene rings is 3. The molecule has 170 valence electrons. The lowest BCUT2D eigenvalue weighted by Crippen LogP contribution is -2.82. The van der Waals surface area contributed by atoms with Gasteiger partial charge in [0.15, 0.2) is 5.82 Å².